The standard InChI is InChI=1S/C17H20N4O/c18-14-8-4-7-13(9-14)17(22)21-15-10-19-16(20-11-15)12-5-2-1-3-6-12/h1-3,5-6,10-11,13-14H,4,7-9,18H2,(H,21,22). The lowest BCUT2D eigenvalue weighted by Crippen LogP contribution is -2.34. The van der Waals surface area contributed by atoms with E-state index in [-0.39, 0.29) is 17.9 Å². The Labute approximate surface area is 130 Å². The van der Waals surface area contributed by atoms with Gasteiger partial charge in [-0.2, -0.15) is 0 Å². The molecule has 0 bridgehead atoms. The van der Waals surface area contributed by atoms with Crippen LogP contribution >= 0.6 is 0 Å². The Morgan fingerprint density at radius 3 is 2.55 bits per heavy atom. The SMILES string of the molecule is NC1CCCC(C(=O)Nc2cnc(-c3ccccc3)nc2)C1. The molecule has 1 saturated carbocycles. The zero-order chi connectivity index (χ0) is 15.4. The van der Waals surface area contributed by atoms with Crippen LogP contribution in [-0.2, 0) is 4.79 Å². The predicted octanol–water partition coefficient (Wildman–Crippen LogP) is 2.60. The molecule has 22 heavy (non-hydrogen) atoms. The highest BCUT2D eigenvalue weighted by Crippen LogP contribution is 2.24. The summed E-state index contributed by atoms with van der Waals surface area (Å²) in [7, 11) is 0. The van der Waals surface area contributed by atoms with E-state index in [0.29, 0.717) is 11.5 Å². The van der Waals surface area contributed by atoms with Gasteiger partial charge in [0.2, 0.25) is 5.91 Å². The second kappa shape index (κ2) is 6.66. The van der Waals surface area contributed by atoms with Crippen LogP contribution in [0.5, 0.6) is 0 Å². The summed E-state index contributed by atoms with van der Waals surface area (Å²) >= 11 is 0. The molecular weight excluding hydrogens is 276 g/mol. The van der Waals surface area contributed by atoms with Gasteiger partial charge in [-0.3, -0.25) is 4.79 Å². The van der Waals surface area contributed by atoms with E-state index in [1.165, 1.54) is 0 Å². The van der Waals surface area contributed by atoms with Crippen molar-refractivity contribution < 1.29 is 4.79 Å². The molecule has 0 aliphatic heterocycles. The van der Waals surface area contributed by atoms with Gasteiger partial charge >= 0.3 is 0 Å². The van der Waals surface area contributed by atoms with E-state index in [4.69, 9.17) is 5.73 Å². The lowest BCUT2D eigenvalue weighted by molar-refractivity contribution is -0.120. The van der Waals surface area contributed by atoms with E-state index in [2.05, 4.69) is 15.3 Å². The number of rotatable bonds is 3. The Morgan fingerprint density at radius 2 is 1.86 bits per heavy atom. The minimum Gasteiger partial charge on any atom is -0.328 e. The summed E-state index contributed by atoms with van der Waals surface area (Å²) in [5.41, 5.74) is 7.52. The highest BCUT2D eigenvalue weighted by molar-refractivity contribution is 5.92. The summed E-state index contributed by atoms with van der Waals surface area (Å²) in [6.07, 6.45) is 6.99. The maximum Gasteiger partial charge on any atom is 0.227 e. The summed E-state index contributed by atoms with van der Waals surface area (Å²) in [5.74, 6) is 0.669. The topological polar surface area (TPSA) is 80.9 Å². The van der Waals surface area contributed by atoms with E-state index in [9.17, 15) is 4.79 Å². The minimum atomic E-state index is -0.00227. The number of hydrogen-bond donors (Lipinski definition) is 2. The molecule has 1 heterocycles. The van der Waals surface area contributed by atoms with Gasteiger partial charge in [0, 0.05) is 17.5 Å². The molecule has 0 spiro atoms. The molecule has 1 aromatic carbocycles. The molecule has 0 saturated heterocycles. The fourth-order valence-electron chi connectivity index (χ4n) is 2.84. The number of amides is 1. The van der Waals surface area contributed by atoms with Crippen LogP contribution in [0, 0.1) is 5.92 Å². The zero-order valence-electron chi connectivity index (χ0n) is 12.4. The maximum atomic E-state index is 12.2. The van der Waals surface area contributed by atoms with Crippen LogP contribution in [0.4, 0.5) is 5.69 Å². The number of nitrogens with two attached hydrogens (primary N) is 1. The normalized spacial score (nSPS) is 21.3. The van der Waals surface area contributed by atoms with Gasteiger partial charge in [-0.25, -0.2) is 9.97 Å². The number of anilines is 1. The van der Waals surface area contributed by atoms with Gasteiger partial charge in [0.15, 0.2) is 5.82 Å². The molecule has 2 unspecified atom stereocenters. The monoisotopic (exact) mass is 296 g/mol. The molecule has 3 rings (SSSR count). The van der Waals surface area contributed by atoms with Crippen LogP contribution in [0.25, 0.3) is 11.4 Å². The highest BCUT2D eigenvalue weighted by atomic mass is 16.1. The first-order chi connectivity index (χ1) is 10.7. The van der Waals surface area contributed by atoms with Gasteiger partial charge in [0.25, 0.3) is 0 Å². The van der Waals surface area contributed by atoms with Crippen molar-refractivity contribution in [1.82, 2.24) is 9.97 Å². The van der Waals surface area contributed by atoms with Crippen molar-refractivity contribution in [3.63, 3.8) is 0 Å². The van der Waals surface area contributed by atoms with Crippen molar-refractivity contribution in [2.24, 2.45) is 11.7 Å². The Kier molecular flexibility index (Phi) is 4.44. The predicted molar refractivity (Wildman–Crippen MR) is 86.0 cm³/mol. The first-order valence-electron chi connectivity index (χ1n) is 7.66. The lowest BCUT2D eigenvalue weighted by Gasteiger charge is -2.25. The van der Waals surface area contributed by atoms with Crippen LogP contribution < -0.4 is 11.1 Å². The number of nitrogens with zero attached hydrogens (tertiary/aromatic N) is 2. The second-order valence-corrected chi connectivity index (χ2v) is 5.77. The Balaban J connectivity index is 1.65. The molecule has 0 radical (unpaired) electrons. The van der Waals surface area contributed by atoms with Crippen LogP contribution in [0.3, 0.4) is 0 Å². The highest BCUT2D eigenvalue weighted by Gasteiger charge is 2.25. The Morgan fingerprint density at radius 1 is 1.14 bits per heavy atom. The first kappa shape index (κ1) is 14.7. The van der Waals surface area contributed by atoms with Crippen LogP contribution in [0.1, 0.15) is 25.7 Å². The summed E-state index contributed by atoms with van der Waals surface area (Å²) in [6, 6.07) is 9.89. The number of carbonyl (C=O) groups excluding carboxylic acids is 1. The van der Waals surface area contributed by atoms with Crippen molar-refractivity contribution in [3.8, 4) is 11.4 Å². The fraction of sp³-hybridized carbons (Fsp3) is 0.353. The molecule has 2 atom stereocenters. The summed E-state index contributed by atoms with van der Waals surface area (Å²) in [5, 5.41) is 2.89. The molecule has 1 aromatic heterocycles. The van der Waals surface area contributed by atoms with E-state index in [0.717, 1.165) is 31.2 Å². The van der Waals surface area contributed by atoms with E-state index < -0.39 is 0 Å². The van der Waals surface area contributed by atoms with Crippen molar-refractivity contribution in [2.45, 2.75) is 31.7 Å². The molecule has 5 nitrogen and oxygen atoms in total. The third-order valence-corrected chi connectivity index (χ3v) is 4.04. The number of aromatic nitrogens is 2. The van der Waals surface area contributed by atoms with Crippen molar-refractivity contribution in [3.05, 3.63) is 42.7 Å². The molecule has 3 N–H and O–H groups in total. The average molecular weight is 296 g/mol. The van der Waals surface area contributed by atoms with Crippen molar-refractivity contribution in [2.75, 3.05) is 5.32 Å². The molecule has 5 heteroatoms. The average Bonchev–Trinajstić information content (AvgIpc) is 2.56. The molecule has 1 fully saturated rings. The summed E-state index contributed by atoms with van der Waals surface area (Å²) in [6.45, 7) is 0. The maximum absolute atomic E-state index is 12.2. The van der Waals surface area contributed by atoms with Crippen molar-refractivity contribution in [1.29, 1.82) is 0 Å². The zero-order valence-corrected chi connectivity index (χ0v) is 12.4. The number of nitrogens with one attached hydrogen (secondary N) is 1. The van der Waals surface area contributed by atoms with Gasteiger partial charge < -0.3 is 11.1 Å². The molecular formula is C17H20N4O. The van der Waals surface area contributed by atoms with Gasteiger partial charge in [0.1, 0.15) is 0 Å². The summed E-state index contributed by atoms with van der Waals surface area (Å²) in [4.78, 5) is 20.9. The summed E-state index contributed by atoms with van der Waals surface area (Å²) < 4.78 is 0. The van der Waals surface area contributed by atoms with Gasteiger partial charge in [-0.05, 0) is 19.3 Å². The fourth-order valence-corrected chi connectivity index (χ4v) is 2.84. The third-order valence-electron chi connectivity index (χ3n) is 4.04. The van der Waals surface area contributed by atoms with Crippen LogP contribution in [0.15, 0.2) is 42.7 Å². The quantitative estimate of drug-likeness (QED) is 0.912. The van der Waals surface area contributed by atoms with E-state index in [1.807, 2.05) is 30.3 Å². The largest absolute Gasteiger partial charge is 0.328 e. The third kappa shape index (κ3) is 3.49. The van der Waals surface area contributed by atoms with E-state index >= 15 is 0 Å². The molecule has 1 amide bonds. The molecule has 2 aromatic rings. The van der Waals surface area contributed by atoms with Crippen molar-refractivity contribution >= 4 is 11.6 Å². The lowest BCUT2D eigenvalue weighted by atomic mass is 9.85. The van der Waals surface area contributed by atoms with Crippen LogP contribution in [0.2, 0.25) is 0 Å². The van der Waals surface area contributed by atoms with Crippen LogP contribution in [-0.4, -0.2) is 21.9 Å². The molecule has 1 aliphatic carbocycles. The number of carbonyl (C=O) groups is 1. The van der Waals surface area contributed by atoms with Gasteiger partial charge in [-0.15, -0.1) is 0 Å². The van der Waals surface area contributed by atoms with Gasteiger partial charge in [-0.1, -0.05) is 36.8 Å². The Hall–Kier alpha value is -2.27. The van der Waals surface area contributed by atoms with Gasteiger partial charge in [0.05, 0.1) is 18.1 Å². The smallest absolute Gasteiger partial charge is 0.227 e. The second-order valence-electron chi connectivity index (χ2n) is 5.77. The minimum absolute atomic E-state index is 0.00227. The number of hydrogen-bond acceptors (Lipinski definition) is 4. The first-order valence-corrected chi connectivity index (χ1v) is 7.66. The number of benzene rings is 1. The molecule has 114 valence electrons. The van der Waals surface area contributed by atoms with E-state index in [1.54, 1.807) is 12.4 Å². The molecule has 1 aliphatic rings. The Bertz CT molecular complexity index is 627.